The maximum Gasteiger partial charge on any atom is 0.435 e. The number of amides is 1. The van der Waals surface area contributed by atoms with E-state index in [1.54, 1.807) is 0 Å². The van der Waals surface area contributed by atoms with Gasteiger partial charge in [0.1, 0.15) is 0 Å². The second-order valence-corrected chi connectivity index (χ2v) is 9.00. The van der Waals surface area contributed by atoms with Crippen molar-refractivity contribution in [3.05, 3.63) is 34.9 Å². The first kappa shape index (κ1) is 22.4. The van der Waals surface area contributed by atoms with Gasteiger partial charge in [-0.05, 0) is 61.5 Å². The molecule has 0 saturated heterocycles. The summed E-state index contributed by atoms with van der Waals surface area (Å²) in [4.78, 5) is 12.7. The number of hydrogen-bond acceptors (Lipinski definition) is 2. The molecule has 0 spiro atoms. The third-order valence-corrected chi connectivity index (χ3v) is 7.15. The molecule has 0 heterocycles. The Kier molecular flexibility index (Phi) is 5.30. The van der Waals surface area contributed by atoms with Gasteiger partial charge in [0.25, 0.3) is 0 Å². The second-order valence-electron chi connectivity index (χ2n) is 9.00. The first-order chi connectivity index (χ1) is 14.3. The highest BCUT2D eigenvalue weighted by Crippen LogP contribution is 2.55. The van der Waals surface area contributed by atoms with Crippen LogP contribution in [-0.4, -0.2) is 30.3 Å². The van der Waals surface area contributed by atoms with Crippen LogP contribution in [0.4, 0.5) is 30.7 Å². The van der Waals surface area contributed by atoms with Crippen molar-refractivity contribution in [1.82, 2.24) is 5.32 Å². The molecule has 3 atom stereocenters. The first-order valence-corrected chi connectivity index (χ1v) is 10.3. The molecule has 10 heteroatoms. The fraction of sp³-hybridized carbons (Fsp3) is 0.667. The van der Waals surface area contributed by atoms with Gasteiger partial charge >= 0.3 is 18.0 Å². The lowest BCUT2D eigenvalue weighted by atomic mass is 9.73. The van der Waals surface area contributed by atoms with Gasteiger partial charge in [-0.15, -0.1) is 0 Å². The van der Waals surface area contributed by atoms with Gasteiger partial charge in [-0.3, -0.25) is 4.79 Å². The number of nitrogens with one attached hydrogen (secondary N) is 1. The molecule has 1 aromatic carbocycles. The van der Waals surface area contributed by atoms with Gasteiger partial charge in [0.05, 0.1) is 0 Å². The summed E-state index contributed by atoms with van der Waals surface area (Å²) < 4.78 is 92.9. The molecular formula is C21H23F7N2O. The average molecular weight is 452 g/mol. The molecule has 2 fully saturated rings. The highest BCUT2D eigenvalue weighted by Gasteiger charge is 2.73. The number of aryl methyl sites for hydroxylation is 1. The SMILES string of the molecule is NC1CC(NC(=O)[C@@H]2CCC3c4ccc(C(F)(C(F)(F)F)C(F)(F)F)cc4CCC32)C1. The number of carbonyl (C=O) groups is 1. The number of halogens is 7. The Morgan fingerprint density at radius 1 is 0.968 bits per heavy atom. The molecule has 3 nitrogen and oxygen atoms in total. The molecule has 3 N–H and O–H groups in total. The van der Waals surface area contributed by atoms with Crippen LogP contribution in [0.15, 0.2) is 18.2 Å². The Morgan fingerprint density at radius 2 is 1.61 bits per heavy atom. The van der Waals surface area contributed by atoms with Gasteiger partial charge in [0.15, 0.2) is 0 Å². The minimum atomic E-state index is -6.13. The fourth-order valence-electron chi connectivity index (χ4n) is 5.48. The molecule has 0 aromatic heterocycles. The Morgan fingerprint density at radius 3 is 2.19 bits per heavy atom. The van der Waals surface area contributed by atoms with Crippen LogP contribution in [0.2, 0.25) is 0 Å². The van der Waals surface area contributed by atoms with Crippen molar-refractivity contribution in [3.8, 4) is 0 Å². The first-order valence-electron chi connectivity index (χ1n) is 10.3. The highest BCUT2D eigenvalue weighted by atomic mass is 19.4. The zero-order valence-electron chi connectivity index (χ0n) is 16.5. The van der Waals surface area contributed by atoms with E-state index in [1.165, 1.54) is 6.07 Å². The third kappa shape index (κ3) is 3.60. The van der Waals surface area contributed by atoms with Crippen molar-refractivity contribution in [2.24, 2.45) is 17.6 Å². The van der Waals surface area contributed by atoms with E-state index in [-0.39, 0.29) is 42.2 Å². The molecule has 2 unspecified atom stereocenters. The molecular weight excluding hydrogens is 429 g/mol. The zero-order chi connectivity index (χ0) is 22.8. The Balaban J connectivity index is 1.56. The maximum absolute atomic E-state index is 14.4. The van der Waals surface area contributed by atoms with Gasteiger partial charge in [-0.25, -0.2) is 4.39 Å². The quantitative estimate of drug-likeness (QED) is 0.657. The number of fused-ring (bicyclic) bond motifs is 3. The van der Waals surface area contributed by atoms with E-state index in [4.69, 9.17) is 5.73 Å². The molecule has 4 rings (SSSR count). The molecule has 172 valence electrons. The van der Waals surface area contributed by atoms with Gasteiger partial charge in [-0.2, -0.15) is 26.3 Å². The summed E-state index contributed by atoms with van der Waals surface area (Å²) in [6, 6.07) is 2.62. The predicted molar refractivity (Wildman–Crippen MR) is 97.8 cm³/mol. The van der Waals surface area contributed by atoms with Crippen LogP contribution >= 0.6 is 0 Å². The number of rotatable bonds is 3. The fourth-order valence-corrected chi connectivity index (χ4v) is 5.48. The lowest BCUT2D eigenvalue weighted by Gasteiger charge is -2.36. The summed E-state index contributed by atoms with van der Waals surface area (Å²) in [5.41, 5.74) is -0.224. The van der Waals surface area contributed by atoms with Crippen molar-refractivity contribution < 1.29 is 35.5 Å². The van der Waals surface area contributed by atoms with Crippen LogP contribution in [-0.2, 0) is 16.9 Å². The summed E-state index contributed by atoms with van der Waals surface area (Å²) in [6.45, 7) is 0. The van der Waals surface area contributed by atoms with E-state index in [0.29, 0.717) is 42.5 Å². The average Bonchev–Trinajstić information content (AvgIpc) is 3.08. The van der Waals surface area contributed by atoms with Gasteiger partial charge < -0.3 is 11.1 Å². The summed E-state index contributed by atoms with van der Waals surface area (Å²) >= 11 is 0. The highest BCUT2D eigenvalue weighted by molar-refractivity contribution is 5.80. The number of alkyl halides is 7. The molecule has 0 radical (unpaired) electrons. The van der Waals surface area contributed by atoms with Crippen LogP contribution < -0.4 is 11.1 Å². The van der Waals surface area contributed by atoms with E-state index in [0.717, 1.165) is 12.8 Å². The van der Waals surface area contributed by atoms with Gasteiger partial charge in [0, 0.05) is 23.6 Å². The number of nitrogens with two attached hydrogens (primary N) is 1. The summed E-state index contributed by atoms with van der Waals surface area (Å²) in [7, 11) is 0. The molecule has 3 aliphatic carbocycles. The van der Waals surface area contributed by atoms with Crippen LogP contribution in [0.25, 0.3) is 0 Å². The number of carbonyl (C=O) groups excluding carboxylic acids is 1. The van der Waals surface area contributed by atoms with E-state index in [1.807, 2.05) is 0 Å². The van der Waals surface area contributed by atoms with E-state index in [9.17, 15) is 35.5 Å². The summed E-state index contributed by atoms with van der Waals surface area (Å²) in [5, 5.41) is 2.99. The van der Waals surface area contributed by atoms with Crippen molar-refractivity contribution in [2.75, 3.05) is 0 Å². The number of benzene rings is 1. The monoisotopic (exact) mass is 452 g/mol. The predicted octanol–water partition coefficient (Wildman–Crippen LogP) is 4.64. The van der Waals surface area contributed by atoms with E-state index < -0.39 is 23.6 Å². The summed E-state index contributed by atoms with van der Waals surface area (Å²) in [5.74, 6) is -0.489. The Labute approximate surface area is 174 Å². The minimum absolute atomic E-state index is 0.0348. The maximum atomic E-state index is 14.4. The molecule has 1 amide bonds. The van der Waals surface area contributed by atoms with E-state index >= 15 is 0 Å². The number of hydrogen-bond donors (Lipinski definition) is 2. The standard InChI is InChI=1S/C21H23F7N2O/c22-19(20(23,24)25,21(26,27)28)11-2-4-14-10(7-11)1-3-16-15(14)5-6-17(16)18(31)30-13-8-12(29)9-13/h2,4,7,12-13,15-17H,1,3,5-6,8-9,29H2,(H,30,31)/t12?,13?,15?,16?,17-/m1/s1. The lowest BCUT2D eigenvalue weighted by molar-refractivity contribution is -0.348. The molecule has 2 saturated carbocycles. The minimum Gasteiger partial charge on any atom is -0.353 e. The van der Waals surface area contributed by atoms with Crippen molar-refractivity contribution >= 4 is 5.91 Å². The molecule has 1 aromatic rings. The van der Waals surface area contributed by atoms with Gasteiger partial charge in [0.2, 0.25) is 5.91 Å². The van der Waals surface area contributed by atoms with E-state index in [2.05, 4.69) is 5.32 Å². The van der Waals surface area contributed by atoms with Crippen LogP contribution in [0.3, 0.4) is 0 Å². The van der Waals surface area contributed by atoms with Crippen LogP contribution in [0.1, 0.15) is 54.7 Å². The normalized spacial score (nSPS) is 30.9. The third-order valence-electron chi connectivity index (χ3n) is 7.15. The summed E-state index contributed by atoms with van der Waals surface area (Å²) in [6.07, 6.45) is -8.94. The molecule has 3 aliphatic rings. The molecule has 0 aliphatic heterocycles. The van der Waals surface area contributed by atoms with Crippen molar-refractivity contribution in [2.45, 2.75) is 74.5 Å². The van der Waals surface area contributed by atoms with Crippen molar-refractivity contribution in [3.63, 3.8) is 0 Å². The van der Waals surface area contributed by atoms with Crippen LogP contribution in [0, 0.1) is 11.8 Å². The molecule has 31 heavy (non-hydrogen) atoms. The van der Waals surface area contributed by atoms with Gasteiger partial charge in [-0.1, -0.05) is 18.2 Å². The Bertz CT molecular complexity index is 846. The Hall–Kier alpha value is -1.84. The smallest absolute Gasteiger partial charge is 0.353 e. The molecule has 0 bridgehead atoms. The second kappa shape index (κ2) is 7.35. The van der Waals surface area contributed by atoms with Crippen LogP contribution in [0.5, 0.6) is 0 Å². The topological polar surface area (TPSA) is 55.1 Å². The zero-order valence-corrected chi connectivity index (χ0v) is 16.5. The largest absolute Gasteiger partial charge is 0.435 e. The van der Waals surface area contributed by atoms with Crippen molar-refractivity contribution in [1.29, 1.82) is 0 Å². The lowest BCUT2D eigenvalue weighted by Crippen LogP contribution is -2.52.